The second-order valence-electron chi connectivity index (χ2n) is 15.5. The monoisotopic (exact) mass is 880 g/mol. The summed E-state index contributed by atoms with van der Waals surface area (Å²) >= 11 is 6.03. The Hall–Kier alpha value is -6.08. The number of imide groups is 1. The number of hydrogen-bond acceptors (Lipinski definition) is 13. The summed E-state index contributed by atoms with van der Waals surface area (Å²) in [6.45, 7) is 5.47. The molecule has 0 radical (unpaired) electrons. The van der Waals surface area contributed by atoms with Gasteiger partial charge in [0.05, 0.1) is 56.7 Å². The third kappa shape index (κ3) is 9.37. The number of aromatic nitrogens is 6. The zero-order valence-corrected chi connectivity index (χ0v) is 35.8. The molecule has 62 heavy (non-hydrogen) atoms. The minimum absolute atomic E-state index is 0.0460. The number of ether oxygens (including phenoxy) is 1. The van der Waals surface area contributed by atoms with E-state index < -0.39 is 27.7 Å². The number of benzene rings is 2. The summed E-state index contributed by atoms with van der Waals surface area (Å²) in [7, 11) is -1.91. The van der Waals surface area contributed by atoms with Crippen molar-refractivity contribution in [3.8, 4) is 11.4 Å². The molecule has 1 unspecified atom stereocenters. The number of piperidine rings is 1. The number of pyridine rings is 2. The van der Waals surface area contributed by atoms with Crippen molar-refractivity contribution in [3.63, 3.8) is 0 Å². The summed E-state index contributed by atoms with van der Waals surface area (Å²) < 4.78 is 33.2. The Labute approximate surface area is 362 Å². The van der Waals surface area contributed by atoms with Crippen molar-refractivity contribution < 1.29 is 27.5 Å². The number of aryl methyl sites for hydroxylation is 2. The Morgan fingerprint density at radius 1 is 0.903 bits per heavy atom. The molecule has 0 saturated carbocycles. The van der Waals surface area contributed by atoms with E-state index in [-0.39, 0.29) is 40.0 Å². The number of carbonyl (C=O) groups excluding carboxylic acids is 3. The van der Waals surface area contributed by atoms with Gasteiger partial charge in [-0.1, -0.05) is 23.7 Å². The molecule has 2 saturated heterocycles. The molecule has 2 aliphatic rings. The number of sulfone groups is 1. The second-order valence-corrected chi connectivity index (χ2v) is 17.9. The van der Waals surface area contributed by atoms with Gasteiger partial charge < -0.3 is 15.0 Å². The Balaban J connectivity index is 0.794. The molecular weight excluding hydrogens is 836 g/mol. The number of imidazole rings is 1. The van der Waals surface area contributed by atoms with E-state index >= 15 is 0 Å². The van der Waals surface area contributed by atoms with E-state index in [1.54, 1.807) is 17.7 Å². The predicted molar refractivity (Wildman–Crippen MR) is 233 cm³/mol. The van der Waals surface area contributed by atoms with Crippen molar-refractivity contribution >= 4 is 67.0 Å². The van der Waals surface area contributed by atoms with Crippen LogP contribution >= 0.6 is 11.6 Å². The largest absolute Gasteiger partial charge is 0.380 e. The molecule has 19 heteroatoms. The molecule has 1 atom stereocenters. The first-order valence-electron chi connectivity index (χ1n) is 20.3. The van der Waals surface area contributed by atoms with Crippen molar-refractivity contribution in [1.29, 1.82) is 0 Å². The lowest BCUT2D eigenvalue weighted by molar-refractivity contribution is -0.135. The molecule has 0 bridgehead atoms. The lowest BCUT2D eigenvalue weighted by Crippen LogP contribution is -2.47. The van der Waals surface area contributed by atoms with Gasteiger partial charge in [-0.3, -0.25) is 33.7 Å². The van der Waals surface area contributed by atoms with Crippen molar-refractivity contribution in [1.82, 2.24) is 44.8 Å². The first kappa shape index (κ1) is 42.6. The number of rotatable bonds is 14. The zero-order valence-electron chi connectivity index (χ0n) is 34.2. The zero-order chi connectivity index (χ0) is 43.5. The molecule has 2 aliphatic heterocycles. The first-order chi connectivity index (χ1) is 29.8. The van der Waals surface area contributed by atoms with Gasteiger partial charge in [-0.25, -0.2) is 23.2 Å². The SMILES string of the molecule is Cn1c(=O)n(C2CCC(=O)NC2=O)c2ccc(CCCOCCN3CCN(c4cccc(-c5ccc6nnc(CNC(=O)c7ccc(Cl)c(S(C)(=O)=O)c7)cc6n5)n4)CC3)cc21. The lowest BCUT2D eigenvalue weighted by atomic mass is 10.1. The highest BCUT2D eigenvalue weighted by atomic mass is 35.5. The average Bonchev–Trinajstić information content (AvgIpc) is 3.51. The molecule has 3 amide bonds. The number of piperazine rings is 1. The summed E-state index contributed by atoms with van der Waals surface area (Å²) in [5, 5.41) is 13.6. The molecule has 322 valence electrons. The molecular formula is C43H45ClN10O7S. The summed E-state index contributed by atoms with van der Waals surface area (Å²) in [6, 6.07) is 20.6. The third-order valence-corrected chi connectivity index (χ3v) is 12.8. The van der Waals surface area contributed by atoms with Crippen LogP contribution in [0.4, 0.5) is 5.82 Å². The maximum Gasteiger partial charge on any atom is 0.329 e. The van der Waals surface area contributed by atoms with Gasteiger partial charge in [0.15, 0.2) is 9.84 Å². The average molecular weight is 881 g/mol. The van der Waals surface area contributed by atoms with Crippen molar-refractivity contribution in [2.45, 2.75) is 43.2 Å². The summed E-state index contributed by atoms with van der Waals surface area (Å²) in [5.74, 6) is -0.375. The standard InChI is InChI=1S/C43H45ClN10O7S/c1-51-37-23-27(8-13-35(37)54(43(51)58)36-14-15-40(55)48-42(36)57)5-4-21-61-22-20-52-16-18-53(19-17-52)39-7-3-6-31(47-39)32-11-12-33-34(46-32)25-29(49-50-33)26-45-41(56)28-9-10-30(44)38(24-28)62(2,59)60/h3,6-13,23-25,36H,4-5,14-22,26H2,1-2H3,(H,45,56)(H,48,55,57). The first-order valence-corrected chi connectivity index (χ1v) is 22.6. The fourth-order valence-electron chi connectivity index (χ4n) is 7.80. The molecule has 8 rings (SSSR count). The van der Waals surface area contributed by atoms with E-state index in [1.165, 1.54) is 22.8 Å². The normalized spacial score (nSPS) is 16.2. The van der Waals surface area contributed by atoms with Gasteiger partial charge in [0, 0.05) is 64.6 Å². The van der Waals surface area contributed by atoms with Crippen LogP contribution in [-0.4, -0.2) is 113 Å². The van der Waals surface area contributed by atoms with Gasteiger partial charge in [0.1, 0.15) is 17.4 Å². The fourth-order valence-corrected chi connectivity index (χ4v) is 9.11. The van der Waals surface area contributed by atoms with Gasteiger partial charge in [0.25, 0.3) is 5.91 Å². The van der Waals surface area contributed by atoms with Crippen LogP contribution in [0.25, 0.3) is 33.5 Å². The van der Waals surface area contributed by atoms with Gasteiger partial charge in [0.2, 0.25) is 11.8 Å². The molecule has 6 aromatic rings. The lowest BCUT2D eigenvalue weighted by Gasteiger charge is -2.35. The quantitative estimate of drug-likeness (QED) is 0.119. The van der Waals surface area contributed by atoms with Gasteiger partial charge in [-0.15, -0.1) is 5.10 Å². The highest BCUT2D eigenvalue weighted by Crippen LogP contribution is 2.26. The Morgan fingerprint density at radius 3 is 2.50 bits per heavy atom. The van der Waals surface area contributed by atoms with Crippen molar-refractivity contribution in [2.75, 3.05) is 57.1 Å². The van der Waals surface area contributed by atoms with Crippen LogP contribution in [0.1, 0.15) is 46.9 Å². The number of halogens is 1. The minimum atomic E-state index is -3.61. The fraction of sp³-hybridized carbons (Fsp3) is 0.349. The number of hydrogen-bond donors (Lipinski definition) is 2. The predicted octanol–water partition coefficient (Wildman–Crippen LogP) is 3.48. The van der Waals surface area contributed by atoms with Crippen LogP contribution in [0, 0.1) is 0 Å². The number of amides is 3. The van der Waals surface area contributed by atoms with Crippen molar-refractivity contribution in [2.24, 2.45) is 7.05 Å². The molecule has 0 aliphatic carbocycles. The van der Waals surface area contributed by atoms with E-state index in [9.17, 15) is 27.6 Å². The van der Waals surface area contributed by atoms with Gasteiger partial charge >= 0.3 is 5.69 Å². The van der Waals surface area contributed by atoms with E-state index in [1.807, 2.05) is 48.5 Å². The number of fused-ring (bicyclic) bond motifs is 2. The number of nitrogens with one attached hydrogen (secondary N) is 2. The van der Waals surface area contributed by atoms with Crippen LogP contribution in [0.3, 0.4) is 0 Å². The van der Waals surface area contributed by atoms with Crippen molar-refractivity contribution in [3.05, 3.63) is 105 Å². The number of carbonyl (C=O) groups is 3. The van der Waals surface area contributed by atoms with E-state index in [0.717, 1.165) is 68.7 Å². The molecule has 0 spiro atoms. The molecule has 2 aromatic carbocycles. The number of nitrogens with zero attached hydrogens (tertiary/aromatic N) is 8. The maximum atomic E-state index is 13.1. The molecule has 4 aromatic heterocycles. The highest BCUT2D eigenvalue weighted by molar-refractivity contribution is 7.90. The van der Waals surface area contributed by atoms with E-state index in [0.29, 0.717) is 53.3 Å². The van der Waals surface area contributed by atoms with E-state index in [4.69, 9.17) is 26.3 Å². The highest BCUT2D eigenvalue weighted by Gasteiger charge is 2.31. The van der Waals surface area contributed by atoms with Gasteiger partial charge in [-0.2, -0.15) is 5.10 Å². The van der Waals surface area contributed by atoms with E-state index in [2.05, 4.69) is 30.6 Å². The Kier molecular flexibility index (Phi) is 12.4. The van der Waals surface area contributed by atoms with Crippen LogP contribution in [0.2, 0.25) is 5.02 Å². The Bertz CT molecular complexity index is 2880. The smallest absolute Gasteiger partial charge is 0.329 e. The van der Waals surface area contributed by atoms with Crippen LogP contribution in [0.15, 0.2) is 82.5 Å². The third-order valence-electron chi connectivity index (χ3n) is 11.2. The van der Waals surface area contributed by atoms with Crippen LogP contribution < -0.4 is 21.2 Å². The molecule has 17 nitrogen and oxygen atoms in total. The summed E-state index contributed by atoms with van der Waals surface area (Å²) in [5.41, 5.74) is 5.42. The molecule has 2 N–H and O–H groups in total. The molecule has 6 heterocycles. The van der Waals surface area contributed by atoms with Crippen LogP contribution in [-0.2, 0) is 44.2 Å². The molecule has 2 fully saturated rings. The Morgan fingerprint density at radius 2 is 1.71 bits per heavy atom. The maximum absolute atomic E-state index is 13.1. The summed E-state index contributed by atoms with van der Waals surface area (Å²) in [4.78, 5) is 64.4. The number of anilines is 1. The topological polar surface area (TPSA) is 204 Å². The van der Waals surface area contributed by atoms with Crippen LogP contribution in [0.5, 0.6) is 0 Å². The minimum Gasteiger partial charge on any atom is -0.380 e. The van der Waals surface area contributed by atoms with Gasteiger partial charge in [-0.05, 0) is 85.5 Å². The second kappa shape index (κ2) is 18.1. The summed E-state index contributed by atoms with van der Waals surface area (Å²) in [6.07, 6.45) is 3.15.